The molecule has 0 amide bonds. The molecule has 1 aromatic rings. The van der Waals surface area contributed by atoms with Gasteiger partial charge in [0.05, 0.1) is 6.54 Å². The van der Waals surface area contributed by atoms with E-state index in [1.165, 1.54) is 0 Å². The van der Waals surface area contributed by atoms with Crippen LogP contribution >= 0.6 is 0 Å². The summed E-state index contributed by atoms with van der Waals surface area (Å²) in [7, 11) is 0. The van der Waals surface area contributed by atoms with Crippen LogP contribution in [-0.2, 0) is 6.54 Å². The molecular formula is C7H13N7. The largest absolute Gasteiger partial charge is 0.356 e. The van der Waals surface area contributed by atoms with Crippen molar-refractivity contribution in [2.24, 2.45) is 4.99 Å². The summed E-state index contributed by atoms with van der Waals surface area (Å²) in [5, 5.41) is 19.8. The Hall–Kier alpha value is -1.66. The second kappa shape index (κ2) is 4.54. The molecule has 0 radical (unpaired) electrons. The first kappa shape index (κ1) is 8.92. The number of hydrogen-bond acceptors (Lipinski definition) is 6. The van der Waals surface area contributed by atoms with Gasteiger partial charge in [-0.15, -0.1) is 10.2 Å². The molecule has 0 saturated carbocycles. The third-order valence-corrected chi connectivity index (χ3v) is 1.95. The summed E-state index contributed by atoms with van der Waals surface area (Å²) in [6, 6.07) is 0. The smallest absolute Gasteiger partial charge is 0.193 e. The van der Waals surface area contributed by atoms with Crippen molar-refractivity contribution in [2.45, 2.75) is 19.4 Å². The fourth-order valence-corrected chi connectivity index (χ4v) is 1.23. The average Bonchev–Trinajstić information content (AvgIpc) is 2.58. The normalized spacial score (nSPS) is 16.7. The first-order chi connectivity index (χ1) is 6.95. The van der Waals surface area contributed by atoms with Crippen LogP contribution in [-0.4, -0.2) is 39.7 Å². The lowest BCUT2D eigenvalue weighted by Gasteiger charge is -2.07. The van der Waals surface area contributed by atoms with Gasteiger partial charge >= 0.3 is 0 Å². The molecule has 2 rings (SSSR count). The highest BCUT2D eigenvalue weighted by Gasteiger charge is 2.03. The van der Waals surface area contributed by atoms with Crippen molar-refractivity contribution < 1.29 is 0 Å². The number of nitrogens with zero attached hydrogens (tertiary/aromatic N) is 4. The molecular weight excluding hydrogens is 182 g/mol. The van der Waals surface area contributed by atoms with E-state index in [2.05, 4.69) is 36.3 Å². The lowest BCUT2D eigenvalue weighted by atomic mass is 10.3. The molecule has 7 nitrogen and oxygen atoms in total. The van der Waals surface area contributed by atoms with Gasteiger partial charge in [0.25, 0.3) is 0 Å². The maximum absolute atomic E-state index is 4.33. The molecule has 0 aromatic carbocycles. The van der Waals surface area contributed by atoms with Crippen LogP contribution in [0.25, 0.3) is 0 Å². The van der Waals surface area contributed by atoms with Crippen molar-refractivity contribution in [1.29, 1.82) is 0 Å². The Kier molecular flexibility index (Phi) is 2.89. The Labute approximate surface area is 81.4 Å². The van der Waals surface area contributed by atoms with E-state index in [1.54, 1.807) is 0 Å². The van der Waals surface area contributed by atoms with Gasteiger partial charge in [0.2, 0.25) is 0 Å². The van der Waals surface area contributed by atoms with Gasteiger partial charge in [-0.25, -0.2) is 0 Å². The van der Waals surface area contributed by atoms with Crippen LogP contribution in [0.1, 0.15) is 18.7 Å². The van der Waals surface area contributed by atoms with Crippen LogP contribution in [0.4, 0.5) is 0 Å². The first-order valence-electron chi connectivity index (χ1n) is 4.69. The number of H-pyrrole nitrogens is 1. The summed E-state index contributed by atoms with van der Waals surface area (Å²) in [5.41, 5.74) is 0. The summed E-state index contributed by atoms with van der Waals surface area (Å²) in [6.45, 7) is 2.39. The Balaban J connectivity index is 1.82. The maximum atomic E-state index is 4.33. The van der Waals surface area contributed by atoms with E-state index in [1.807, 2.05) is 0 Å². The number of hydrogen-bond donors (Lipinski definition) is 3. The minimum absolute atomic E-state index is 0.544. The number of rotatable bonds is 2. The molecule has 0 bridgehead atoms. The Morgan fingerprint density at radius 3 is 3.21 bits per heavy atom. The molecule has 1 aliphatic heterocycles. The van der Waals surface area contributed by atoms with Crippen molar-refractivity contribution in [3.05, 3.63) is 5.82 Å². The van der Waals surface area contributed by atoms with Gasteiger partial charge in [-0.1, -0.05) is 5.21 Å². The predicted molar refractivity (Wildman–Crippen MR) is 50.6 cm³/mol. The Bertz CT molecular complexity index is 291. The summed E-state index contributed by atoms with van der Waals surface area (Å²) >= 11 is 0. The number of aliphatic imine (C=N–C) groups is 1. The topological polar surface area (TPSA) is 90.9 Å². The molecule has 3 N–H and O–H groups in total. The van der Waals surface area contributed by atoms with E-state index in [-0.39, 0.29) is 0 Å². The summed E-state index contributed by atoms with van der Waals surface area (Å²) in [5.74, 6) is 1.46. The fourth-order valence-electron chi connectivity index (χ4n) is 1.23. The average molecular weight is 195 g/mol. The summed E-state index contributed by atoms with van der Waals surface area (Å²) in [6.07, 6.45) is 2.30. The Morgan fingerprint density at radius 2 is 2.36 bits per heavy atom. The fraction of sp³-hybridized carbons (Fsp3) is 0.714. The molecule has 0 atom stereocenters. The highest BCUT2D eigenvalue weighted by molar-refractivity contribution is 5.79. The van der Waals surface area contributed by atoms with Gasteiger partial charge in [0.15, 0.2) is 11.8 Å². The monoisotopic (exact) mass is 195 g/mol. The van der Waals surface area contributed by atoms with Crippen LogP contribution in [0, 0.1) is 0 Å². The third-order valence-electron chi connectivity index (χ3n) is 1.95. The summed E-state index contributed by atoms with van der Waals surface area (Å²) < 4.78 is 0. The van der Waals surface area contributed by atoms with E-state index in [0.29, 0.717) is 12.4 Å². The molecule has 0 aliphatic carbocycles. The van der Waals surface area contributed by atoms with Gasteiger partial charge in [-0.2, -0.15) is 5.21 Å². The minimum Gasteiger partial charge on any atom is -0.356 e. The van der Waals surface area contributed by atoms with E-state index in [0.717, 1.165) is 31.9 Å². The standard InChI is InChI=1S/C7H13N7/c1-2-4-9-7(8-3-1)10-5-6-11-13-14-12-6/h1-5H2,(H2,8,9,10)(H,11,12,13,14). The number of tetrazole rings is 1. The van der Waals surface area contributed by atoms with Crippen LogP contribution in [0.5, 0.6) is 0 Å². The zero-order valence-electron chi connectivity index (χ0n) is 7.82. The van der Waals surface area contributed by atoms with Crippen molar-refractivity contribution in [1.82, 2.24) is 31.3 Å². The first-order valence-corrected chi connectivity index (χ1v) is 4.69. The maximum Gasteiger partial charge on any atom is 0.193 e. The number of aromatic nitrogens is 4. The minimum atomic E-state index is 0.544. The number of guanidine groups is 1. The van der Waals surface area contributed by atoms with Gasteiger partial charge in [0.1, 0.15) is 0 Å². The second-order valence-electron chi connectivity index (χ2n) is 3.05. The zero-order chi connectivity index (χ0) is 9.64. The molecule has 1 aromatic heterocycles. The van der Waals surface area contributed by atoms with Gasteiger partial charge < -0.3 is 10.6 Å². The molecule has 0 spiro atoms. The van der Waals surface area contributed by atoms with E-state index >= 15 is 0 Å². The Morgan fingerprint density at radius 1 is 1.36 bits per heavy atom. The number of nitrogens with one attached hydrogen (secondary N) is 3. The van der Waals surface area contributed by atoms with Crippen molar-refractivity contribution in [3.63, 3.8) is 0 Å². The molecule has 76 valence electrons. The van der Waals surface area contributed by atoms with Crippen molar-refractivity contribution in [2.75, 3.05) is 13.1 Å². The number of aromatic amines is 1. The van der Waals surface area contributed by atoms with E-state index in [9.17, 15) is 0 Å². The lowest BCUT2D eigenvalue weighted by Crippen LogP contribution is -2.36. The molecule has 7 heteroatoms. The SMILES string of the molecule is C1CCNC(NCc2nn[nH]n2)=NC1. The molecule has 14 heavy (non-hydrogen) atoms. The van der Waals surface area contributed by atoms with E-state index < -0.39 is 0 Å². The van der Waals surface area contributed by atoms with Crippen LogP contribution in [0.3, 0.4) is 0 Å². The molecule has 0 unspecified atom stereocenters. The van der Waals surface area contributed by atoms with Crippen LogP contribution in [0.15, 0.2) is 4.99 Å². The highest BCUT2D eigenvalue weighted by Crippen LogP contribution is 1.93. The predicted octanol–water partition coefficient (Wildman–Crippen LogP) is -0.971. The lowest BCUT2D eigenvalue weighted by molar-refractivity contribution is 0.738. The molecule has 0 fully saturated rings. The highest BCUT2D eigenvalue weighted by atomic mass is 15.5. The molecule has 2 heterocycles. The van der Waals surface area contributed by atoms with Gasteiger partial charge in [-0.3, -0.25) is 4.99 Å². The second-order valence-corrected chi connectivity index (χ2v) is 3.05. The van der Waals surface area contributed by atoms with Crippen LogP contribution in [0.2, 0.25) is 0 Å². The molecule has 0 saturated heterocycles. The molecule has 1 aliphatic rings. The van der Waals surface area contributed by atoms with Crippen molar-refractivity contribution >= 4 is 5.96 Å². The van der Waals surface area contributed by atoms with Gasteiger partial charge in [-0.05, 0) is 12.8 Å². The van der Waals surface area contributed by atoms with Crippen LogP contribution < -0.4 is 10.6 Å². The third kappa shape index (κ3) is 2.41. The van der Waals surface area contributed by atoms with Gasteiger partial charge in [0, 0.05) is 13.1 Å². The summed E-state index contributed by atoms with van der Waals surface area (Å²) in [4.78, 5) is 4.33. The van der Waals surface area contributed by atoms with E-state index in [4.69, 9.17) is 0 Å². The van der Waals surface area contributed by atoms with Crippen molar-refractivity contribution in [3.8, 4) is 0 Å². The quantitative estimate of drug-likeness (QED) is 0.564. The zero-order valence-corrected chi connectivity index (χ0v) is 7.82.